The number of aromatic nitrogens is 1. The second-order valence-corrected chi connectivity index (χ2v) is 5.45. The van der Waals surface area contributed by atoms with E-state index in [4.69, 9.17) is 4.52 Å². The zero-order valence-electron chi connectivity index (χ0n) is 12.0. The van der Waals surface area contributed by atoms with E-state index in [9.17, 15) is 4.79 Å². The second-order valence-electron chi connectivity index (χ2n) is 5.45. The van der Waals surface area contributed by atoms with Crippen LogP contribution in [-0.2, 0) is 4.79 Å². The minimum Gasteiger partial charge on any atom is -0.360 e. The van der Waals surface area contributed by atoms with Crippen molar-refractivity contribution in [1.29, 1.82) is 0 Å². The maximum absolute atomic E-state index is 12.3. The number of amides is 1. The van der Waals surface area contributed by atoms with E-state index in [2.05, 4.69) is 29.2 Å². The topological polar surface area (TPSA) is 58.4 Å². The van der Waals surface area contributed by atoms with Crippen molar-refractivity contribution in [3.63, 3.8) is 0 Å². The van der Waals surface area contributed by atoms with E-state index in [0.29, 0.717) is 11.6 Å². The summed E-state index contributed by atoms with van der Waals surface area (Å²) < 4.78 is 4.96. The predicted molar refractivity (Wildman–Crippen MR) is 73.9 cm³/mol. The van der Waals surface area contributed by atoms with Crippen LogP contribution in [0.15, 0.2) is 10.6 Å². The fraction of sp³-hybridized carbons (Fsp3) is 0.714. The predicted octanol–water partition coefficient (Wildman–Crippen LogP) is 2.43. The van der Waals surface area contributed by atoms with Crippen molar-refractivity contribution in [1.82, 2.24) is 10.1 Å². The number of nitrogens with zero attached hydrogens (tertiary/aromatic N) is 2. The number of carbonyl (C=O) groups excluding carboxylic acids is 1. The Bertz CT molecular complexity index is 422. The highest BCUT2D eigenvalue weighted by atomic mass is 16.5. The maximum Gasteiger partial charge on any atom is 0.242 e. The van der Waals surface area contributed by atoms with Crippen LogP contribution in [-0.4, -0.2) is 35.1 Å². The number of anilines is 1. The number of nitrogens with one attached hydrogen (secondary N) is 1. The van der Waals surface area contributed by atoms with Gasteiger partial charge in [0.1, 0.15) is 5.76 Å². The smallest absolute Gasteiger partial charge is 0.242 e. The summed E-state index contributed by atoms with van der Waals surface area (Å²) in [5.74, 6) is 2.00. The molecule has 0 aromatic carbocycles. The molecule has 0 unspecified atom stereocenters. The lowest BCUT2D eigenvalue weighted by Gasteiger charge is -2.35. The van der Waals surface area contributed by atoms with Crippen molar-refractivity contribution in [2.24, 2.45) is 5.92 Å². The first kappa shape index (κ1) is 14.1. The van der Waals surface area contributed by atoms with Gasteiger partial charge in [0.25, 0.3) is 0 Å². The van der Waals surface area contributed by atoms with Crippen molar-refractivity contribution in [3.8, 4) is 0 Å². The van der Waals surface area contributed by atoms with Crippen molar-refractivity contribution >= 4 is 11.7 Å². The normalized spacial score (nSPS) is 19.3. The lowest BCUT2D eigenvalue weighted by Crippen LogP contribution is -2.47. The highest BCUT2D eigenvalue weighted by Gasteiger charge is 2.27. The van der Waals surface area contributed by atoms with Gasteiger partial charge in [-0.05, 0) is 45.2 Å². The zero-order valence-corrected chi connectivity index (χ0v) is 12.0. The van der Waals surface area contributed by atoms with E-state index in [-0.39, 0.29) is 11.9 Å². The minimum atomic E-state index is -0.0653. The molecule has 1 aliphatic rings. The average molecular weight is 265 g/mol. The summed E-state index contributed by atoms with van der Waals surface area (Å²) in [4.78, 5) is 14.6. The first-order valence-corrected chi connectivity index (χ1v) is 7.08. The summed E-state index contributed by atoms with van der Waals surface area (Å²) in [5.41, 5.74) is 0. The lowest BCUT2D eigenvalue weighted by molar-refractivity contribution is -0.122. The van der Waals surface area contributed by atoms with Crippen LogP contribution in [0.4, 0.5) is 5.82 Å². The molecule has 1 amide bonds. The third-order valence-corrected chi connectivity index (χ3v) is 3.83. The van der Waals surface area contributed by atoms with Crippen LogP contribution in [0, 0.1) is 12.8 Å². The molecule has 0 aliphatic carbocycles. The van der Waals surface area contributed by atoms with E-state index in [1.54, 1.807) is 6.07 Å². The molecule has 1 atom stereocenters. The number of aryl methyl sites for hydroxylation is 1. The first-order chi connectivity index (χ1) is 9.10. The van der Waals surface area contributed by atoms with Gasteiger partial charge in [0.15, 0.2) is 5.82 Å². The van der Waals surface area contributed by atoms with Gasteiger partial charge in [-0.3, -0.25) is 9.69 Å². The molecule has 1 aromatic rings. The lowest BCUT2D eigenvalue weighted by atomic mass is 9.97. The third-order valence-electron chi connectivity index (χ3n) is 3.83. The summed E-state index contributed by atoms with van der Waals surface area (Å²) in [6, 6.07) is 1.67. The summed E-state index contributed by atoms with van der Waals surface area (Å²) in [5, 5.41) is 6.64. The number of hydrogen-bond donors (Lipinski definition) is 1. The number of carbonyl (C=O) groups is 1. The minimum absolute atomic E-state index is 0.0188. The molecule has 19 heavy (non-hydrogen) atoms. The number of hydrogen-bond acceptors (Lipinski definition) is 4. The molecule has 0 radical (unpaired) electrons. The molecular formula is C14H23N3O2. The second kappa shape index (κ2) is 6.19. The van der Waals surface area contributed by atoms with E-state index in [0.717, 1.165) is 25.4 Å². The average Bonchev–Trinajstić information content (AvgIpc) is 2.78. The van der Waals surface area contributed by atoms with Gasteiger partial charge in [0, 0.05) is 6.07 Å². The molecule has 2 heterocycles. The Morgan fingerprint density at radius 3 is 2.79 bits per heavy atom. The summed E-state index contributed by atoms with van der Waals surface area (Å²) in [6.07, 6.45) is 3.16. The van der Waals surface area contributed by atoms with Crippen LogP contribution < -0.4 is 5.32 Å². The largest absolute Gasteiger partial charge is 0.360 e. The van der Waals surface area contributed by atoms with Gasteiger partial charge in [0.05, 0.1) is 6.04 Å². The standard InChI is InChI=1S/C14H23N3O2/c1-4-12(17-7-5-10(2)6-8-17)14(18)15-13-9-11(3)19-16-13/h9-10,12H,4-8H2,1-3H3,(H,15,16,18)/t12-/m1/s1. The van der Waals surface area contributed by atoms with Crippen LogP contribution in [0.3, 0.4) is 0 Å². The zero-order chi connectivity index (χ0) is 13.8. The van der Waals surface area contributed by atoms with Crippen molar-refractivity contribution in [2.45, 2.75) is 46.1 Å². The highest BCUT2D eigenvalue weighted by Crippen LogP contribution is 2.20. The van der Waals surface area contributed by atoms with Gasteiger partial charge in [0.2, 0.25) is 5.91 Å². The number of likely N-dealkylation sites (tertiary alicyclic amines) is 1. The molecule has 1 fully saturated rings. The number of rotatable bonds is 4. The van der Waals surface area contributed by atoms with E-state index in [1.165, 1.54) is 12.8 Å². The third kappa shape index (κ3) is 3.56. The Morgan fingerprint density at radius 2 is 2.26 bits per heavy atom. The van der Waals surface area contributed by atoms with E-state index >= 15 is 0 Å². The van der Waals surface area contributed by atoms with Gasteiger partial charge in [-0.25, -0.2) is 0 Å². The van der Waals surface area contributed by atoms with Gasteiger partial charge >= 0.3 is 0 Å². The van der Waals surface area contributed by atoms with Gasteiger partial charge in [-0.2, -0.15) is 0 Å². The van der Waals surface area contributed by atoms with Gasteiger partial charge in [-0.1, -0.05) is 19.0 Å². The molecule has 0 spiro atoms. The fourth-order valence-electron chi connectivity index (χ4n) is 2.58. The Morgan fingerprint density at radius 1 is 1.58 bits per heavy atom. The summed E-state index contributed by atoms with van der Waals surface area (Å²) in [7, 11) is 0. The molecule has 1 N–H and O–H groups in total. The molecule has 1 aliphatic heterocycles. The summed E-state index contributed by atoms with van der Waals surface area (Å²) in [6.45, 7) is 8.15. The van der Waals surface area contributed by atoms with E-state index < -0.39 is 0 Å². The van der Waals surface area contributed by atoms with Crippen molar-refractivity contribution in [3.05, 3.63) is 11.8 Å². The molecule has 106 valence electrons. The molecule has 5 nitrogen and oxygen atoms in total. The van der Waals surface area contributed by atoms with Gasteiger partial charge in [-0.15, -0.1) is 0 Å². The fourth-order valence-corrected chi connectivity index (χ4v) is 2.58. The molecule has 1 aromatic heterocycles. The van der Waals surface area contributed by atoms with Gasteiger partial charge < -0.3 is 9.84 Å². The van der Waals surface area contributed by atoms with Crippen molar-refractivity contribution in [2.75, 3.05) is 18.4 Å². The SMILES string of the molecule is CC[C@H](C(=O)Nc1cc(C)on1)N1CCC(C)CC1. The Kier molecular flexibility index (Phi) is 4.58. The molecule has 0 saturated carbocycles. The molecule has 0 bridgehead atoms. The van der Waals surface area contributed by atoms with Crippen LogP contribution >= 0.6 is 0 Å². The quantitative estimate of drug-likeness (QED) is 0.908. The molecule has 2 rings (SSSR count). The van der Waals surface area contributed by atoms with Crippen LogP contribution in [0.2, 0.25) is 0 Å². The summed E-state index contributed by atoms with van der Waals surface area (Å²) >= 11 is 0. The molecular weight excluding hydrogens is 242 g/mol. The van der Waals surface area contributed by atoms with E-state index in [1.807, 2.05) is 6.92 Å². The monoisotopic (exact) mass is 265 g/mol. The van der Waals surface area contributed by atoms with Crippen LogP contribution in [0.5, 0.6) is 0 Å². The number of piperidine rings is 1. The Balaban J connectivity index is 1.95. The van der Waals surface area contributed by atoms with Crippen molar-refractivity contribution < 1.29 is 9.32 Å². The first-order valence-electron chi connectivity index (χ1n) is 7.08. The molecule has 1 saturated heterocycles. The molecule has 5 heteroatoms. The van der Waals surface area contributed by atoms with Crippen LogP contribution in [0.25, 0.3) is 0 Å². The Labute approximate surface area is 114 Å². The van der Waals surface area contributed by atoms with Crippen LogP contribution in [0.1, 0.15) is 38.9 Å². The Hall–Kier alpha value is -1.36. The maximum atomic E-state index is 12.3. The highest BCUT2D eigenvalue weighted by molar-refractivity contribution is 5.93.